The number of benzene rings is 2. The molecule has 0 heterocycles. The Labute approximate surface area is 157 Å². The highest BCUT2D eigenvalue weighted by Gasteiger charge is 2.50. The van der Waals surface area contributed by atoms with Crippen molar-refractivity contribution in [2.45, 2.75) is 24.8 Å². The smallest absolute Gasteiger partial charge is 0.320 e. The van der Waals surface area contributed by atoms with Gasteiger partial charge in [-0.1, -0.05) is 49.4 Å². The number of halogens is 2. The molecule has 2 aromatic rings. The molecule has 0 saturated heterocycles. The van der Waals surface area contributed by atoms with E-state index in [0.29, 0.717) is 23.1 Å². The minimum absolute atomic E-state index is 0.0315. The van der Waals surface area contributed by atoms with Crippen molar-refractivity contribution >= 4 is 17.4 Å². The second kappa shape index (κ2) is 7.80. The normalized spacial score (nSPS) is 13.0. The molecule has 147 valence electrons. The highest BCUT2D eigenvalue weighted by molar-refractivity contribution is 7.90. The van der Waals surface area contributed by atoms with Crippen molar-refractivity contribution < 1.29 is 31.6 Å². The lowest BCUT2D eigenvalue weighted by Gasteiger charge is -2.18. The van der Waals surface area contributed by atoms with Crippen molar-refractivity contribution in [3.05, 3.63) is 77.2 Å². The van der Waals surface area contributed by atoms with Crippen LogP contribution < -0.4 is 0 Å². The molecule has 0 saturated carbocycles. The van der Waals surface area contributed by atoms with Gasteiger partial charge in [0.2, 0.25) is 0 Å². The quantitative estimate of drug-likeness (QED) is 0.672. The Morgan fingerprint density at radius 3 is 2.15 bits per heavy atom. The van der Waals surface area contributed by atoms with Crippen LogP contribution in [0.15, 0.2) is 42.5 Å². The number of sulfone groups is 1. The van der Waals surface area contributed by atoms with Crippen molar-refractivity contribution in [2.75, 3.05) is 5.75 Å². The Kier molecular flexibility index (Phi) is 6.26. The Balaban J connectivity index is 2.26. The van der Waals surface area contributed by atoms with Crippen LogP contribution in [0.25, 0.3) is 0 Å². The summed E-state index contributed by atoms with van der Waals surface area (Å²) in [6.45, 7) is 5.46. The summed E-state index contributed by atoms with van der Waals surface area (Å²) in [5.74, 6) is -0.0616. The van der Waals surface area contributed by atoms with Gasteiger partial charge in [-0.3, -0.25) is 4.57 Å². The zero-order chi connectivity index (χ0) is 20.5. The van der Waals surface area contributed by atoms with Gasteiger partial charge in [0.1, 0.15) is 0 Å². The van der Waals surface area contributed by atoms with E-state index in [1.165, 1.54) is 12.1 Å². The fourth-order valence-corrected chi connectivity index (χ4v) is 3.88. The van der Waals surface area contributed by atoms with E-state index in [1.54, 1.807) is 25.1 Å². The molecule has 0 aromatic heterocycles. The van der Waals surface area contributed by atoms with Crippen LogP contribution >= 0.6 is 7.60 Å². The molecular weight excluding hydrogens is 397 g/mol. The van der Waals surface area contributed by atoms with Crippen LogP contribution in [-0.2, 0) is 32.2 Å². The summed E-state index contributed by atoms with van der Waals surface area (Å²) < 4.78 is 61.9. The van der Waals surface area contributed by atoms with Gasteiger partial charge >= 0.3 is 13.3 Å². The molecule has 0 fully saturated rings. The maximum absolute atomic E-state index is 13.7. The Morgan fingerprint density at radius 1 is 1.07 bits per heavy atom. The lowest BCUT2D eigenvalue weighted by Crippen LogP contribution is -2.13. The number of alkyl halides is 2. The highest BCUT2D eigenvalue weighted by Crippen LogP contribution is 2.59. The third-order valence-corrected chi connectivity index (χ3v) is 6.80. The van der Waals surface area contributed by atoms with Crippen molar-refractivity contribution in [1.29, 1.82) is 0 Å². The van der Waals surface area contributed by atoms with Gasteiger partial charge in [-0.05, 0) is 35.6 Å². The van der Waals surface area contributed by atoms with E-state index in [-0.39, 0.29) is 11.5 Å². The first kappa shape index (κ1) is 21.7. The standard InChI is InChI=1S/C18H20F2O5PS/c1-3-27(24,25)12-15-5-4-13(2)16(11-15)10-14-6-8-17(9-7-14)18(19,20)26(21,22)23/h4-9,11H,2-3,10,12H2,1H3,(H2,21,22,23). The van der Waals surface area contributed by atoms with Crippen molar-refractivity contribution in [3.63, 3.8) is 0 Å². The second-order valence-electron chi connectivity index (χ2n) is 6.24. The molecule has 0 amide bonds. The molecular formula is C18H20F2O5PS. The fraction of sp³-hybridized carbons (Fsp3) is 0.278. The third-order valence-electron chi connectivity index (χ3n) is 4.16. The average Bonchev–Trinajstić information content (AvgIpc) is 2.57. The topological polar surface area (TPSA) is 91.7 Å². The molecule has 0 unspecified atom stereocenters. The maximum atomic E-state index is 13.7. The zero-order valence-electron chi connectivity index (χ0n) is 14.6. The summed E-state index contributed by atoms with van der Waals surface area (Å²) in [5.41, 5.74) is -2.36. The first-order valence-corrected chi connectivity index (χ1v) is 11.5. The van der Waals surface area contributed by atoms with E-state index >= 15 is 0 Å². The minimum atomic E-state index is -5.61. The first-order valence-electron chi connectivity index (χ1n) is 8.03. The molecule has 0 spiro atoms. The molecule has 9 heteroatoms. The monoisotopic (exact) mass is 417 g/mol. The Bertz CT molecular complexity index is 966. The van der Waals surface area contributed by atoms with Crippen LogP contribution in [0.1, 0.15) is 34.7 Å². The van der Waals surface area contributed by atoms with Crippen molar-refractivity contribution in [2.24, 2.45) is 0 Å². The summed E-state index contributed by atoms with van der Waals surface area (Å²) in [6.07, 6.45) is 0.320. The van der Waals surface area contributed by atoms with Crippen molar-refractivity contribution in [1.82, 2.24) is 0 Å². The number of rotatable bonds is 7. The van der Waals surface area contributed by atoms with E-state index in [2.05, 4.69) is 6.92 Å². The van der Waals surface area contributed by atoms with Crippen LogP contribution in [0.5, 0.6) is 0 Å². The van der Waals surface area contributed by atoms with E-state index in [0.717, 1.165) is 17.7 Å². The maximum Gasteiger partial charge on any atom is 0.399 e. The van der Waals surface area contributed by atoms with Gasteiger partial charge in [-0.25, -0.2) is 8.42 Å². The lowest BCUT2D eigenvalue weighted by molar-refractivity contribution is 0.0564. The van der Waals surface area contributed by atoms with Gasteiger partial charge < -0.3 is 9.79 Å². The molecule has 0 aliphatic carbocycles. The highest BCUT2D eigenvalue weighted by atomic mass is 32.2. The zero-order valence-corrected chi connectivity index (χ0v) is 16.3. The van der Waals surface area contributed by atoms with E-state index in [4.69, 9.17) is 9.79 Å². The molecule has 2 rings (SSSR count). The molecule has 0 bridgehead atoms. The Morgan fingerprint density at radius 2 is 1.63 bits per heavy atom. The summed E-state index contributed by atoms with van der Waals surface area (Å²) >= 11 is 0. The van der Waals surface area contributed by atoms with Gasteiger partial charge in [0.25, 0.3) is 0 Å². The molecule has 1 radical (unpaired) electrons. The molecule has 0 aliphatic rings. The minimum Gasteiger partial charge on any atom is -0.320 e. The van der Waals surface area contributed by atoms with Crippen molar-refractivity contribution in [3.8, 4) is 0 Å². The van der Waals surface area contributed by atoms with Crippen LogP contribution in [-0.4, -0.2) is 24.0 Å². The van der Waals surface area contributed by atoms with E-state index in [1.807, 2.05) is 0 Å². The van der Waals surface area contributed by atoms with Crippen LogP contribution in [0.2, 0.25) is 0 Å². The third kappa shape index (κ3) is 5.23. The largest absolute Gasteiger partial charge is 0.399 e. The van der Waals surface area contributed by atoms with Gasteiger partial charge in [0.15, 0.2) is 9.84 Å². The summed E-state index contributed by atoms with van der Waals surface area (Å²) in [4.78, 5) is 17.6. The second-order valence-corrected chi connectivity index (χ2v) is 10.2. The SMILES string of the molecule is [CH2]c1ccc(CS(=O)(=O)CC)cc1Cc1ccc(C(F)(F)P(=O)(O)O)cc1. The Hall–Kier alpha value is -1.60. The fourth-order valence-electron chi connectivity index (χ4n) is 2.50. The number of hydrogen-bond donors (Lipinski definition) is 2. The van der Waals surface area contributed by atoms with Gasteiger partial charge in [-0.2, -0.15) is 8.78 Å². The predicted octanol–water partition coefficient (Wildman–Crippen LogP) is 3.62. The molecule has 0 atom stereocenters. The molecule has 2 N–H and O–H groups in total. The summed E-state index contributed by atoms with van der Waals surface area (Å²) in [6, 6.07) is 9.76. The first-order chi connectivity index (χ1) is 12.4. The predicted molar refractivity (Wildman–Crippen MR) is 99.3 cm³/mol. The summed E-state index contributed by atoms with van der Waals surface area (Å²) in [7, 11) is -8.80. The van der Waals surface area contributed by atoms with Crippen LogP contribution in [0, 0.1) is 6.92 Å². The molecule has 2 aromatic carbocycles. The van der Waals surface area contributed by atoms with E-state index in [9.17, 15) is 21.8 Å². The van der Waals surface area contributed by atoms with E-state index < -0.39 is 28.7 Å². The van der Waals surface area contributed by atoms with Gasteiger partial charge in [0.05, 0.1) is 5.75 Å². The summed E-state index contributed by atoms with van der Waals surface area (Å²) in [5, 5.41) is 0. The number of hydrogen-bond acceptors (Lipinski definition) is 3. The average molecular weight is 417 g/mol. The molecule has 27 heavy (non-hydrogen) atoms. The van der Waals surface area contributed by atoms with Crippen LogP contribution in [0.3, 0.4) is 0 Å². The van der Waals surface area contributed by atoms with Crippen LogP contribution in [0.4, 0.5) is 8.78 Å². The molecule has 5 nitrogen and oxygen atoms in total. The lowest BCUT2D eigenvalue weighted by atomic mass is 9.98. The van der Waals surface area contributed by atoms with Gasteiger partial charge in [-0.15, -0.1) is 0 Å². The molecule has 0 aliphatic heterocycles. The van der Waals surface area contributed by atoms with Gasteiger partial charge in [0, 0.05) is 11.3 Å².